The van der Waals surface area contributed by atoms with E-state index in [0.717, 1.165) is 23.2 Å². The lowest BCUT2D eigenvalue weighted by Crippen LogP contribution is -2.29. The number of rotatable bonds is 3. The number of nitrogens with one attached hydrogen (secondary N) is 2. The van der Waals surface area contributed by atoms with E-state index in [9.17, 15) is 13.2 Å². The summed E-state index contributed by atoms with van der Waals surface area (Å²) >= 11 is 0. The fraction of sp³-hybridized carbons (Fsp3) is 0.250. The van der Waals surface area contributed by atoms with Crippen molar-refractivity contribution in [2.45, 2.75) is 23.3 Å². The van der Waals surface area contributed by atoms with Crippen LogP contribution < -0.4 is 15.8 Å². The van der Waals surface area contributed by atoms with Gasteiger partial charge < -0.3 is 10.1 Å². The van der Waals surface area contributed by atoms with E-state index in [0.29, 0.717) is 5.69 Å². The zero-order chi connectivity index (χ0) is 19.9. The quantitative estimate of drug-likeness (QED) is 0.686. The van der Waals surface area contributed by atoms with E-state index in [2.05, 4.69) is 27.5 Å². The molecule has 8 heteroatoms. The Hall–Kier alpha value is -2.84. The van der Waals surface area contributed by atoms with E-state index in [1.165, 1.54) is 13.2 Å². The third kappa shape index (κ3) is 3.36. The van der Waals surface area contributed by atoms with E-state index >= 15 is 0 Å². The van der Waals surface area contributed by atoms with E-state index < -0.39 is 16.1 Å². The third-order valence-electron chi connectivity index (χ3n) is 5.36. The van der Waals surface area contributed by atoms with Gasteiger partial charge in [0.15, 0.2) is 0 Å². The Morgan fingerprint density at radius 2 is 1.96 bits per heavy atom. The Bertz CT molecular complexity index is 1050. The average molecular weight is 399 g/mol. The highest BCUT2D eigenvalue weighted by Crippen LogP contribution is 2.50. The summed E-state index contributed by atoms with van der Waals surface area (Å²) < 4.78 is 28.1. The van der Waals surface area contributed by atoms with Crippen molar-refractivity contribution in [3.05, 3.63) is 65.7 Å². The SMILES string of the molecule is COC(=O)Nc1ccc([C@H]2Nc3ccc(S(N)(=O)=O)cc3[C@H]3C=CC[C@H]32)cc1. The molecular formula is C20H21N3O4S. The summed E-state index contributed by atoms with van der Waals surface area (Å²) in [6.07, 6.45) is 4.65. The molecule has 0 bridgehead atoms. The standard InChI is InChI=1S/C20H21N3O4S/c1-27-20(24)22-13-7-5-12(6-8-13)19-16-4-2-3-15(16)17-11-14(28(21,25)26)9-10-18(17)23-19/h2-3,5-11,15-16,19,23H,4H2,1H3,(H,22,24)(H2,21,25,26)/t15-,16+,19+/m0/s1. The first-order chi connectivity index (χ1) is 13.4. The number of allylic oxidation sites excluding steroid dienone is 2. The van der Waals surface area contributed by atoms with E-state index in [1.54, 1.807) is 12.1 Å². The number of fused-ring (bicyclic) bond motifs is 3. The Labute approximate surface area is 163 Å². The zero-order valence-electron chi connectivity index (χ0n) is 15.3. The van der Waals surface area contributed by atoms with Crippen LogP contribution >= 0.6 is 0 Å². The van der Waals surface area contributed by atoms with Gasteiger partial charge in [-0.2, -0.15) is 0 Å². The monoisotopic (exact) mass is 399 g/mol. The molecule has 1 heterocycles. The smallest absolute Gasteiger partial charge is 0.411 e. The molecule has 0 saturated heterocycles. The lowest BCUT2D eigenvalue weighted by molar-refractivity contribution is 0.187. The van der Waals surface area contributed by atoms with Gasteiger partial charge in [-0.3, -0.25) is 5.32 Å². The number of amides is 1. The van der Waals surface area contributed by atoms with E-state index in [1.807, 2.05) is 24.3 Å². The van der Waals surface area contributed by atoms with Crippen LogP contribution in [0, 0.1) is 5.92 Å². The highest BCUT2D eigenvalue weighted by atomic mass is 32.2. The average Bonchev–Trinajstić information content (AvgIpc) is 3.17. The van der Waals surface area contributed by atoms with Crippen LogP contribution in [0.1, 0.15) is 29.5 Å². The molecule has 3 atom stereocenters. The largest absolute Gasteiger partial charge is 0.453 e. The number of nitrogens with two attached hydrogens (primary N) is 1. The molecule has 0 radical (unpaired) electrons. The van der Waals surface area contributed by atoms with Crippen LogP contribution in [0.25, 0.3) is 0 Å². The molecule has 4 rings (SSSR count). The van der Waals surface area contributed by atoms with Crippen molar-refractivity contribution < 1.29 is 17.9 Å². The van der Waals surface area contributed by atoms with Gasteiger partial charge in [0.05, 0.1) is 18.0 Å². The second-order valence-electron chi connectivity index (χ2n) is 7.01. The van der Waals surface area contributed by atoms with E-state index in [-0.39, 0.29) is 22.8 Å². The van der Waals surface area contributed by atoms with Crippen LogP contribution in [-0.2, 0) is 14.8 Å². The molecule has 2 aliphatic rings. The van der Waals surface area contributed by atoms with Crippen LogP contribution in [0.3, 0.4) is 0 Å². The minimum absolute atomic E-state index is 0.0695. The van der Waals surface area contributed by atoms with Crippen molar-refractivity contribution in [3.63, 3.8) is 0 Å². The Morgan fingerprint density at radius 3 is 2.64 bits per heavy atom. The van der Waals surface area contributed by atoms with Crippen LogP contribution in [0.4, 0.5) is 16.2 Å². The molecule has 1 amide bonds. The predicted molar refractivity (Wildman–Crippen MR) is 107 cm³/mol. The molecule has 0 saturated carbocycles. The number of hydrogen-bond acceptors (Lipinski definition) is 5. The van der Waals surface area contributed by atoms with Gasteiger partial charge in [0.2, 0.25) is 10.0 Å². The van der Waals surface area contributed by atoms with Crippen LogP contribution in [-0.4, -0.2) is 21.6 Å². The van der Waals surface area contributed by atoms with Crippen molar-refractivity contribution >= 4 is 27.5 Å². The van der Waals surface area contributed by atoms with Crippen molar-refractivity contribution in [1.82, 2.24) is 0 Å². The first-order valence-corrected chi connectivity index (χ1v) is 10.5. The summed E-state index contributed by atoms with van der Waals surface area (Å²) in [7, 11) is -2.42. The predicted octanol–water partition coefficient (Wildman–Crippen LogP) is 3.34. The first kappa shape index (κ1) is 18.5. The van der Waals surface area contributed by atoms with Crippen LogP contribution in [0.15, 0.2) is 59.5 Å². The summed E-state index contributed by atoms with van der Waals surface area (Å²) in [6.45, 7) is 0. The molecule has 146 valence electrons. The summed E-state index contributed by atoms with van der Waals surface area (Å²) in [4.78, 5) is 11.5. The zero-order valence-corrected chi connectivity index (χ0v) is 16.1. The molecule has 1 aliphatic heterocycles. The summed E-state index contributed by atoms with van der Waals surface area (Å²) in [5, 5.41) is 11.5. The topological polar surface area (TPSA) is 111 Å². The molecule has 2 aromatic rings. The second kappa shape index (κ2) is 6.96. The minimum atomic E-state index is -3.74. The van der Waals surface area contributed by atoms with Gasteiger partial charge in [-0.05, 0) is 53.8 Å². The van der Waals surface area contributed by atoms with Crippen LogP contribution in [0.2, 0.25) is 0 Å². The molecule has 1 aliphatic carbocycles. The molecule has 0 fully saturated rings. The number of carbonyl (C=O) groups is 1. The molecule has 0 spiro atoms. The van der Waals surface area contributed by atoms with Gasteiger partial charge in [-0.1, -0.05) is 24.3 Å². The number of methoxy groups -OCH3 is 1. The van der Waals surface area contributed by atoms with Gasteiger partial charge in [0, 0.05) is 17.3 Å². The van der Waals surface area contributed by atoms with Gasteiger partial charge in [0.1, 0.15) is 0 Å². The normalized spacial score (nSPS) is 22.7. The number of ether oxygens (including phenoxy) is 1. The molecule has 2 aromatic carbocycles. The number of anilines is 2. The first-order valence-electron chi connectivity index (χ1n) is 8.91. The fourth-order valence-electron chi connectivity index (χ4n) is 4.02. The minimum Gasteiger partial charge on any atom is -0.453 e. The third-order valence-corrected chi connectivity index (χ3v) is 6.28. The maximum absolute atomic E-state index is 11.7. The van der Waals surface area contributed by atoms with Gasteiger partial charge in [-0.25, -0.2) is 18.4 Å². The summed E-state index contributed by atoms with van der Waals surface area (Å²) in [6, 6.07) is 12.7. The van der Waals surface area contributed by atoms with Crippen LogP contribution in [0.5, 0.6) is 0 Å². The molecular weight excluding hydrogens is 378 g/mol. The fourth-order valence-corrected chi connectivity index (χ4v) is 4.57. The van der Waals surface area contributed by atoms with Crippen molar-refractivity contribution in [3.8, 4) is 0 Å². The molecule has 28 heavy (non-hydrogen) atoms. The van der Waals surface area contributed by atoms with Gasteiger partial charge in [-0.15, -0.1) is 0 Å². The molecule has 4 N–H and O–H groups in total. The van der Waals surface area contributed by atoms with Crippen molar-refractivity contribution in [1.29, 1.82) is 0 Å². The lowest BCUT2D eigenvalue weighted by atomic mass is 9.77. The maximum atomic E-state index is 11.7. The number of carbonyl (C=O) groups excluding carboxylic acids is 1. The van der Waals surface area contributed by atoms with Gasteiger partial charge in [0.25, 0.3) is 0 Å². The second-order valence-corrected chi connectivity index (χ2v) is 8.57. The van der Waals surface area contributed by atoms with E-state index in [4.69, 9.17) is 5.14 Å². The molecule has 0 unspecified atom stereocenters. The Balaban J connectivity index is 1.65. The number of sulfonamides is 1. The highest BCUT2D eigenvalue weighted by Gasteiger charge is 2.38. The lowest BCUT2D eigenvalue weighted by Gasteiger charge is -2.37. The summed E-state index contributed by atoms with van der Waals surface area (Å²) in [5.41, 5.74) is 3.61. The number of benzene rings is 2. The summed E-state index contributed by atoms with van der Waals surface area (Å²) in [5.74, 6) is 0.387. The van der Waals surface area contributed by atoms with Crippen molar-refractivity contribution in [2.75, 3.05) is 17.7 Å². The number of primary sulfonamides is 1. The maximum Gasteiger partial charge on any atom is 0.411 e. The molecule has 7 nitrogen and oxygen atoms in total. The molecule has 0 aromatic heterocycles. The Kier molecular flexibility index (Phi) is 4.60. The van der Waals surface area contributed by atoms with Crippen molar-refractivity contribution in [2.24, 2.45) is 11.1 Å². The highest BCUT2D eigenvalue weighted by molar-refractivity contribution is 7.89. The Morgan fingerprint density at radius 1 is 1.21 bits per heavy atom. The number of hydrogen-bond donors (Lipinski definition) is 3. The van der Waals surface area contributed by atoms with Gasteiger partial charge >= 0.3 is 6.09 Å².